The second kappa shape index (κ2) is 5.20. The Hall–Kier alpha value is -1.77. The predicted molar refractivity (Wildman–Crippen MR) is 57.9 cm³/mol. The van der Waals surface area contributed by atoms with Gasteiger partial charge in [0, 0.05) is 11.8 Å². The highest BCUT2D eigenvalue weighted by molar-refractivity contribution is 6.08. The Morgan fingerprint density at radius 1 is 1.33 bits per heavy atom. The number of allylic oxidation sites excluding steroid dienone is 2. The van der Waals surface area contributed by atoms with Crippen molar-refractivity contribution >= 4 is 5.71 Å². The molecule has 0 amide bonds. The van der Waals surface area contributed by atoms with E-state index in [2.05, 4.69) is 11.6 Å². The van der Waals surface area contributed by atoms with Gasteiger partial charge < -0.3 is 0 Å². The van der Waals surface area contributed by atoms with Crippen LogP contribution in [-0.4, -0.2) is 5.71 Å². The van der Waals surface area contributed by atoms with Crippen LogP contribution in [0.4, 0.5) is 8.78 Å². The smallest absolute Gasteiger partial charge is 0.159 e. The number of nitrogens with zero attached hydrogens (tertiary/aromatic N) is 1. The zero-order valence-corrected chi connectivity index (χ0v) is 8.37. The first-order valence-corrected chi connectivity index (χ1v) is 4.46. The Balaban J connectivity index is 3.13. The summed E-state index contributed by atoms with van der Waals surface area (Å²) in [5.74, 6) is -1.75. The molecule has 0 aromatic heterocycles. The highest BCUT2D eigenvalue weighted by Gasteiger charge is 2.04. The maximum Gasteiger partial charge on any atom is 0.159 e. The van der Waals surface area contributed by atoms with E-state index in [4.69, 9.17) is 0 Å². The number of hydrogen-bond donors (Lipinski definition) is 0. The lowest BCUT2D eigenvalue weighted by atomic mass is 10.1. The van der Waals surface area contributed by atoms with Gasteiger partial charge >= 0.3 is 0 Å². The molecule has 0 spiro atoms. The van der Waals surface area contributed by atoms with E-state index in [1.54, 1.807) is 12.3 Å². The van der Waals surface area contributed by atoms with E-state index < -0.39 is 11.6 Å². The maximum absolute atomic E-state index is 12.9. The van der Waals surface area contributed by atoms with Crippen molar-refractivity contribution in [3.8, 4) is 0 Å². The Morgan fingerprint density at radius 3 is 2.60 bits per heavy atom. The second-order valence-electron chi connectivity index (χ2n) is 2.83. The lowest BCUT2D eigenvalue weighted by molar-refractivity contribution is 0.508. The van der Waals surface area contributed by atoms with Gasteiger partial charge in [0.15, 0.2) is 11.6 Å². The van der Waals surface area contributed by atoms with Gasteiger partial charge in [0.2, 0.25) is 0 Å². The van der Waals surface area contributed by atoms with Gasteiger partial charge in [0.1, 0.15) is 0 Å². The summed E-state index contributed by atoms with van der Waals surface area (Å²) in [6.07, 6.45) is 4.80. The molecule has 1 rings (SSSR count). The Morgan fingerprint density at radius 2 is 2.07 bits per heavy atom. The molecule has 0 bridgehead atoms. The summed E-state index contributed by atoms with van der Waals surface area (Å²) in [4.78, 5) is 4.03. The van der Waals surface area contributed by atoms with Gasteiger partial charge in [-0.05, 0) is 31.2 Å². The van der Waals surface area contributed by atoms with Gasteiger partial charge in [0.25, 0.3) is 0 Å². The molecule has 0 N–H and O–H groups in total. The molecule has 0 saturated carbocycles. The van der Waals surface area contributed by atoms with Crippen LogP contribution in [0.25, 0.3) is 0 Å². The monoisotopic (exact) mass is 207 g/mol. The fraction of sp³-hybridized carbons (Fsp3) is 0.0833. The zero-order chi connectivity index (χ0) is 11.3. The normalized spacial score (nSPS) is 12.1. The van der Waals surface area contributed by atoms with Crippen molar-refractivity contribution in [3.05, 3.63) is 60.3 Å². The maximum atomic E-state index is 12.9. The minimum Gasteiger partial charge on any atom is -0.257 e. The van der Waals surface area contributed by atoms with Gasteiger partial charge in [-0.25, -0.2) is 8.78 Å². The van der Waals surface area contributed by atoms with Crippen LogP contribution in [0.5, 0.6) is 0 Å². The van der Waals surface area contributed by atoms with Crippen molar-refractivity contribution in [2.24, 2.45) is 4.99 Å². The van der Waals surface area contributed by atoms with Crippen molar-refractivity contribution in [2.75, 3.05) is 0 Å². The molecule has 78 valence electrons. The number of rotatable bonds is 3. The van der Waals surface area contributed by atoms with Crippen LogP contribution in [0.2, 0.25) is 0 Å². The first-order valence-electron chi connectivity index (χ1n) is 4.46. The van der Waals surface area contributed by atoms with Crippen molar-refractivity contribution in [1.29, 1.82) is 0 Å². The van der Waals surface area contributed by atoms with Gasteiger partial charge in [-0.1, -0.05) is 12.7 Å². The molecule has 0 atom stereocenters. The van der Waals surface area contributed by atoms with E-state index in [-0.39, 0.29) is 0 Å². The summed E-state index contributed by atoms with van der Waals surface area (Å²) < 4.78 is 25.6. The average Bonchev–Trinajstić information content (AvgIpc) is 2.24. The van der Waals surface area contributed by atoms with E-state index in [0.29, 0.717) is 11.3 Å². The number of aliphatic imine (C=N–C) groups is 1. The van der Waals surface area contributed by atoms with Crippen molar-refractivity contribution < 1.29 is 8.78 Å². The summed E-state index contributed by atoms with van der Waals surface area (Å²) in [5, 5.41) is 0. The summed E-state index contributed by atoms with van der Waals surface area (Å²) in [5.41, 5.74) is 1.01. The van der Waals surface area contributed by atoms with E-state index >= 15 is 0 Å². The Bertz CT molecular complexity index is 420. The fourth-order valence-electron chi connectivity index (χ4n) is 1.06. The topological polar surface area (TPSA) is 12.4 Å². The lowest BCUT2D eigenvalue weighted by Gasteiger charge is -2.00. The number of benzene rings is 1. The van der Waals surface area contributed by atoms with Gasteiger partial charge in [-0.3, -0.25) is 4.99 Å². The fourth-order valence-corrected chi connectivity index (χ4v) is 1.06. The molecule has 0 unspecified atom stereocenters. The molecule has 0 radical (unpaired) electrons. The third-order valence-electron chi connectivity index (χ3n) is 1.77. The van der Waals surface area contributed by atoms with Crippen LogP contribution in [0.15, 0.2) is 48.1 Å². The Kier molecular flexibility index (Phi) is 3.92. The summed E-state index contributed by atoms with van der Waals surface area (Å²) in [6.45, 7) is 5.38. The summed E-state index contributed by atoms with van der Waals surface area (Å²) in [6, 6.07) is 3.63. The SMILES string of the molecule is C=C/C(=N\C=C/C)c1ccc(F)c(F)c1. The zero-order valence-electron chi connectivity index (χ0n) is 8.37. The van der Waals surface area contributed by atoms with Crippen LogP contribution < -0.4 is 0 Å². The number of halogens is 2. The molecule has 0 fully saturated rings. The quantitative estimate of drug-likeness (QED) is 0.673. The molecular formula is C12H11F2N. The van der Waals surface area contributed by atoms with E-state index in [0.717, 1.165) is 12.1 Å². The third-order valence-corrected chi connectivity index (χ3v) is 1.77. The van der Waals surface area contributed by atoms with Crippen LogP contribution in [0, 0.1) is 11.6 Å². The lowest BCUT2D eigenvalue weighted by Crippen LogP contribution is -1.97. The van der Waals surface area contributed by atoms with Crippen molar-refractivity contribution in [2.45, 2.75) is 6.92 Å². The summed E-state index contributed by atoms with van der Waals surface area (Å²) >= 11 is 0. The molecule has 1 aromatic rings. The van der Waals surface area contributed by atoms with Gasteiger partial charge in [0.05, 0.1) is 5.71 Å². The molecule has 0 heterocycles. The van der Waals surface area contributed by atoms with E-state index in [9.17, 15) is 8.78 Å². The van der Waals surface area contributed by atoms with Crippen LogP contribution in [0.1, 0.15) is 12.5 Å². The highest BCUT2D eigenvalue weighted by Crippen LogP contribution is 2.10. The molecule has 0 aliphatic rings. The first-order chi connectivity index (χ1) is 7.19. The number of hydrogen-bond acceptors (Lipinski definition) is 1. The van der Waals surface area contributed by atoms with Crippen LogP contribution in [-0.2, 0) is 0 Å². The molecule has 15 heavy (non-hydrogen) atoms. The van der Waals surface area contributed by atoms with Crippen LogP contribution >= 0.6 is 0 Å². The molecule has 0 aliphatic heterocycles. The standard InChI is InChI=1S/C12H11F2N/c1-3-7-15-12(4-2)9-5-6-10(13)11(14)8-9/h3-8H,2H2,1H3/b7-3-,15-12+. The summed E-state index contributed by atoms with van der Waals surface area (Å²) in [7, 11) is 0. The van der Waals surface area contributed by atoms with E-state index in [1.165, 1.54) is 12.1 Å². The molecular weight excluding hydrogens is 196 g/mol. The third kappa shape index (κ3) is 2.84. The van der Waals surface area contributed by atoms with Crippen molar-refractivity contribution in [1.82, 2.24) is 0 Å². The van der Waals surface area contributed by atoms with Gasteiger partial charge in [-0.15, -0.1) is 0 Å². The molecule has 1 aromatic carbocycles. The molecule has 3 heteroatoms. The van der Waals surface area contributed by atoms with Gasteiger partial charge in [-0.2, -0.15) is 0 Å². The predicted octanol–water partition coefficient (Wildman–Crippen LogP) is 3.47. The molecule has 0 aliphatic carbocycles. The van der Waals surface area contributed by atoms with Crippen molar-refractivity contribution in [3.63, 3.8) is 0 Å². The minimum absolute atomic E-state index is 0.502. The minimum atomic E-state index is -0.887. The first kappa shape index (κ1) is 11.3. The largest absolute Gasteiger partial charge is 0.257 e. The second-order valence-corrected chi connectivity index (χ2v) is 2.83. The Labute approximate surface area is 87.5 Å². The highest BCUT2D eigenvalue weighted by atomic mass is 19.2. The molecule has 1 nitrogen and oxygen atoms in total. The average molecular weight is 207 g/mol. The molecule has 0 saturated heterocycles. The van der Waals surface area contributed by atoms with E-state index in [1.807, 2.05) is 6.92 Å². The van der Waals surface area contributed by atoms with Crippen LogP contribution in [0.3, 0.4) is 0 Å².